The van der Waals surface area contributed by atoms with Crippen molar-refractivity contribution < 1.29 is 44.7 Å². The minimum absolute atomic E-state index is 0.263. The van der Waals surface area contributed by atoms with E-state index >= 15 is 0 Å². The number of fused-ring (bicyclic) bond motifs is 1. The predicted molar refractivity (Wildman–Crippen MR) is 81.0 cm³/mol. The van der Waals surface area contributed by atoms with E-state index in [0.29, 0.717) is 0 Å². The maximum atomic E-state index is 14.4. The Hall–Kier alpha value is -2.37. The van der Waals surface area contributed by atoms with Gasteiger partial charge in [-0.25, -0.2) is 18.6 Å². The van der Waals surface area contributed by atoms with E-state index in [1.807, 2.05) is 0 Å². The Balaban J connectivity index is 2.74. The van der Waals surface area contributed by atoms with Crippen LogP contribution in [0.4, 0.5) is 35.1 Å². The van der Waals surface area contributed by atoms with E-state index in [1.54, 1.807) is 0 Å². The number of aromatic nitrogens is 2. The summed E-state index contributed by atoms with van der Waals surface area (Å²) in [6, 6.07) is 3.78. The molecule has 154 valence electrons. The minimum atomic E-state index is -6.49. The molecule has 0 fully saturated rings. The highest BCUT2D eigenvalue weighted by Crippen LogP contribution is 2.52. The number of rotatable bonds is 6. The van der Waals surface area contributed by atoms with Crippen molar-refractivity contribution >= 4 is 29.0 Å². The Morgan fingerprint density at radius 1 is 1.18 bits per heavy atom. The monoisotopic (exact) mass is 436 g/mol. The molecule has 0 N–H and O–H groups in total. The van der Waals surface area contributed by atoms with Gasteiger partial charge in [-0.2, -0.15) is 26.3 Å². The summed E-state index contributed by atoms with van der Waals surface area (Å²) in [5, 5.41) is -5.91. The molecule has 2 rings (SSSR count). The molecule has 2 heterocycles. The van der Waals surface area contributed by atoms with Gasteiger partial charge in [0.15, 0.2) is 11.5 Å². The molecule has 2 aromatic heterocycles. The number of hydrogen-bond acceptors (Lipinski definition) is 3. The molecule has 0 bridgehead atoms. The summed E-state index contributed by atoms with van der Waals surface area (Å²) in [6.07, 6.45) is 1.10. The molecule has 0 aliphatic rings. The zero-order chi connectivity index (χ0) is 21.5. The standard InChI is InChI=1S/C15H9ClF8N2O2/c1-2-28-12(27)10-9(25-7-5-3-4-6-26(7)10)8(17)11(18)13(19,20)14(21,22)15(16,23)24/h3-6H,2H2,1H3/b11-8+. The van der Waals surface area contributed by atoms with E-state index in [9.17, 15) is 39.9 Å². The zero-order valence-electron chi connectivity index (χ0n) is 13.6. The fourth-order valence-corrected chi connectivity index (χ4v) is 2.22. The fourth-order valence-electron chi connectivity index (χ4n) is 2.10. The van der Waals surface area contributed by atoms with Crippen molar-refractivity contribution in [3.8, 4) is 0 Å². The van der Waals surface area contributed by atoms with Gasteiger partial charge in [0.05, 0.1) is 6.61 Å². The summed E-state index contributed by atoms with van der Waals surface area (Å²) in [6.45, 7) is 1.07. The zero-order valence-corrected chi connectivity index (χ0v) is 14.4. The molecule has 0 saturated carbocycles. The number of hydrogen-bond donors (Lipinski definition) is 0. The number of esters is 1. The second kappa shape index (κ2) is 7.22. The van der Waals surface area contributed by atoms with Crippen LogP contribution in [-0.2, 0) is 4.74 Å². The molecule has 4 nitrogen and oxygen atoms in total. The lowest BCUT2D eigenvalue weighted by atomic mass is 10.1. The molecule has 13 heteroatoms. The molecule has 0 spiro atoms. The first kappa shape index (κ1) is 21.9. The molecular weight excluding hydrogens is 428 g/mol. The van der Waals surface area contributed by atoms with Crippen molar-refractivity contribution in [1.82, 2.24) is 9.38 Å². The number of pyridine rings is 1. The summed E-state index contributed by atoms with van der Waals surface area (Å²) in [4.78, 5) is 15.4. The van der Waals surface area contributed by atoms with Crippen molar-refractivity contribution in [3.63, 3.8) is 0 Å². The highest BCUT2D eigenvalue weighted by Gasteiger charge is 2.74. The Labute approximate surface area is 156 Å². The third-order valence-corrected chi connectivity index (χ3v) is 3.66. The van der Waals surface area contributed by atoms with E-state index in [-0.39, 0.29) is 12.3 Å². The van der Waals surface area contributed by atoms with Gasteiger partial charge in [0.25, 0.3) is 0 Å². The van der Waals surface area contributed by atoms with E-state index in [4.69, 9.17) is 0 Å². The van der Waals surface area contributed by atoms with Gasteiger partial charge in [-0.05, 0) is 30.7 Å². The summed E-state index contributed by atoms with van der Waals surface area (Å²) in [7, 11) is 0. The summed E-state index contributed by atoms with van der Waals surface area (Å²) in [5.41, 5.74) is -2.61. The molecule has 0 aliphatic carbocycles. The lowest BCUT2D eigenvalue weighted by Gasteiger charge is -2.28. The summed E-state index contributed by atoms with van der Waals surface area (Å²) < 4.78 is 113. The predicted octanol–water partition coefficient (Wildman–Crippen LogP) is 5.22. The van der Waals surface area contributed by atoms with Crippen LogP contribution in [0.2, 0.25) is 0 Å². The number of allylic oxidation sites excluding steroid dienone is 1. The Bertz CT molecular complexity index is 936. The van der Waals surface area contributed by atoms with Crippen molar-refractivity contribution in [2.75, 3.05) is 6.61 Å². The van der Waals surface area contributed by atoms with E-state index in [0.717, 1.165) is 16.7 Å². The van der Waals surface area contributed by atoms with Crippen molar-refractivity contribution in [2.24, 2.45) is 0 Å². The molecule has 28 heavy (non-hydrogen) atoms. The topological polar surface area (TPSA) is 43.6 Å². The largest absolute Gasteiger partial charge is 0.461 e. The highest BCUT2D eigenvalue weighted by atomic mass is 35.5. The molecule has 2 aromatic rings. The Kier molecular flexibility index (Phi) is 5.66. The fraction of sp³-hybridized carbons (Fsp3) is 0.333. The third kappa shape index (κ3) is 3.40. The molecule has 0 saturated heterocycles. The van der Waals surface area contributed by atoms with Gasteiger partial charge < -0.3 is 4.74 Å². The number of alkyl halides is 7. The number of ether oxygens (including phenoxy) is 1. The van der Waals surface area contributed by atoms with Gasteiger partial charge in [0.1, 0.15) is 11.3 Å². The first-order valence-corrected chi connectivity index (χ1v) is 7.67. The lowest BCUT2D eigenvalue weighted by molar-refractivity contribution is -0.269. The molecule has 0 aromatic carbocycles. The summed E-state index contributed by atoms with van der Waals surface area (Å²) in [5.74, 6) is -20.5. The van der Waals surface area contributed by atoms with Crippen molar-refractivity contribution in [3.05, 3.63) is 41.6 Å². The quantitative estimate of drug-likeness (QED) is 0.354. The lowest BCUT2D eigenvalue weighted by Crippen LogP contribution is -2.51. The molecule has 0 radical (unpaired) electrons. The van der Waals surface area contributed by atoms with Crippen molar-refractivity contribution in [1.29, 1.82) is 0 Å². The van der Waals surface area contributed by atoms with Gasteiger partial charge in [-0.1, -0.05) is 6.07 Å². The number of carbonyl (C=O) groups excluding carboxylic acids is 1. The average molecular weight is 437 g/mol. The van der Waals surface area contributed by atoms with E-state index < -0.39 is 46.2 Å². The number of halogens is 9. The van der Waals surface area contributed by atoms with Crippen LogP contribution in [0.15, 0.2) is 30.2 Å². The van der Waals surface area contributed by atoms with Crippen LogP contribution in [0.1, 0.15) is 23.1 Å². The Morgan fingerprint density at radius 2 is 1.79 bits per heavy atom. The Morgan fingerprint density at radius 3 is 2.32 bits per heavy atom. The van der Waals surface area contributed by atoms with Gasteiger partial charge in [0, 0.05) is 6.20 Å². The average Bonchev–Trinajstić information content (AvgIpc) is 2.99. The molecular formula is C15H9ClF8N2O2. The SMILES string of the molecule is CCOC(=O)c1c(/C(F)=C(\F)C(F)(F)C(F)(F)C(F)(F)Cl)nc2ccccn12. The summed E-state index contributed by atoms with van der Waals surface area (Å²) >= 11 is 3.92. The van der Waals surface area contributed by atoms with Crippen LogP contribution in [-0.4, -0.2) is 39.2 Å². The van der Waals surface area contributed by atoms with E-state index in [1.165, 1.54) is 19.1 Å². The minimum Gasteiger partial charge on any atom is -0.461 e. The normalized spacial score (nSPS) is 14.2. The van der Waals surface area contributed by atoms with E-state index in [2.05, 4.69) is 21.3 Å². The van der Waals surface area contributed by atoms with Crippen molar-refractivity contribution in [2.45, 2.75) is 24.2 Å². The van der Waals surface area contributed by atoms with Crippen LogP contribution >= 0.6 is 11.6 Å². The molecule has 0 unspecified atom stereocenters. The van der Waals surface area contributed by atoms with Gasteiger partial charge >= 0.3 is 23.2 Å². The van der Waals surface area contributed by atoms with Crippen LogP contribution in [0.25, 0.3) is 11.5 Å². The van der Waals surface area contributed by atoms with Crippen LogP contribution in [0.3, 0.4) is 0 Å². The van der Waals surface area contributed by atoms with Gasteiger partial charge in [-0.15, -0.1) is 0 Å². The first-order valence-electron chi connectivity index (χ1n) is 7.30. The number of nitrogens with zero attached hydrogens (tertiary/aromatic N) is 2. The second-order valence-corrected chi connectivity index (χ2v) is 5.71. The molecule has 0 atom stereocenters. The third-order valence-electron chi connectivity index (χ3n) is 3.43. The number of imidazole rings is 1. The molecule has 0 aliphatic heterocycles. The first-order chi connectivity index (χ1) is 12.8. The molecule has 0 amide bonds. The van der Waals surface area contributed by atoms with Gasteiger partial charge in [-0.3, -0.25) is 4.40 Å². The van der Waals surface area contributed by atoms with Gasteiger partial charge in [0.2, 0.25) is 5.83 Å². The van der Waals surface area contributed by atoms with Crippen LogP contribution in [0, 0.1) is 0 Å². The number of carbonyl (C=O) groups is 1. The maximum Gasteiger partial charge on any atom is 0.393 e. The van der Waals surface area contributed by atoms with Crippen LogP contribution < -0.4 is 0 Å². The highest BCUT2D eigenvalue weighted by molar-refractivity contribution is 6.22. The smallest absolute Gasteiger partial charge is 0.393 e. The second-order valence-electron chi connectivity index (χ2n) is 5.23. The van der Waals surface area contributed by atoms with Crippen LogP contribution in [0.5, 0.6) is 0 Å². The maximum absolute atomic E-state index is 14.4.